The van der Waals surface area contributed by atoms with E-state index in [1.165, 1.54) is 32.1 Å². The van der Waals surface area contributed by atoms with Gasteiger partial charge in [-0.3, -0.25) is 0 Å². The third-order valence-corrected chi connectivity index (χ3v) is 2.50. The van der Waals surface area contributed by atoms with Crippen molar-refractivity contribution in [3.05, 3.63) is 0 Å². The lowest BCUT2D eigenvalue weighted by molar-refractivity contribution is 0.282. The van der Waals surface area contributed by atoms with Crippen LogP contribution >= 0.6 is 31.9 Å². The molecule has 0 rings (SSSR count). The average molecular weight is 288 g/mol. The largest absolute Gasteiger partial charge is 0.396 e. The van der Waals surface area contributed by atoms with Crippen molar-refractivity contribution in [2.24, 2.45) is 0 Å². The topological polar surface area (TPSA) is 20.2 Å². The van der Waals surface area contributed by atoms with E-state index in [0.29, 0.717) is 10.3 Å². The Hall–Kier alpha value is 0.920. The first kappa shape index (κ1) is 11.9. The Labute approximate surface area is 85.8 Å². The molecule has 0 fully saturated rings. The van der Waals surface area contributed by atoms with Gasteiger partial charge in [0.1, 0.15) is 0 Å². The summed E-state index contributed by atoms with van der Waals surface area (Å²) in [5, 5.41) is 8.50. The normalized spacial score (nSPS) is 10.9. The van der Waals surface area contributed by atoms with E-state index in [0.717, 1.165) is 6.42 Å². The van der Waals surface area contributed by atoms with Crippen LogP contribution < -0.4 is 0 Å². The van der Waals surface area contributed by atoms with Crippen molar-refractivity contribution in [3.63, 3.8) is 0 Å². The van der Waals surface area contributed by atoms with Crippen LogP contribution in [0.4, 0.5) is 0 Å². The van der Waals surface area contributed by atoms with Gasteiger partial charge in [0.25, 0.3) is 0 Å². The number of unbranched alkanes of at least 4 members (excludes halogenated alkanes) is 4. The summed E-state index contributed by atoms with van der Waals surface area (Å²) in [4.78, 5) is 0. The second-order valence-electron chi connectivity index (χ2n) is 2.67. The number of rotatable bonds is 7. The molecular weight excluding hydrogens is 272 g/mol. The van der Waals surface area contributed by atoms with Crippen LogP contribution in [0.1, 0.15) is 38.5 Å². The summed E-state index contributed by atoms with van der Waals surface area (Å²) in [5.41, 5.74) is 0. The van der Waals surface area contributed by atoms with Crippen molar-refractivity contribution < 1.29 is 5.11 Å². The lowest BCUT2D eigenvalue weighted by atomic mass is 10.1. The Morgan fingerprint density at radius 1 is 0.909 bits per heavy atom. The van der Waals surface area contributed by atoms with Gasteiger partial charge in [0, 0.05) is 6.61 Å². The molecule has 0 saturated heterocycles. The highest BCUT2D eigenvalue weighted by atomic mass is 79.9. The lowest BCUT2D eigenvalue weighted by Crippen LogP contribution is -1.87. The van der Waals surface area contributed by atoms with Gasteiger partial charge in [0.2, 0.25) is 0 Å². The van der Waals surface area contributed by atoms with Gasteiger partial charge in [-0.15, -0.1) is 0 Å². The van der Waals surface area contributed by atoms with Crippen molar-refractivity contribution >= 4 is 31.9 Å². The molecule has 11 heavy (non-hydrogen) atoms. The number of alkyl halides is 2. The highest BCUT2D eigenvalue weighted by Gasteiger charge is 1.96. The summed E-state index contributed by atoms with van der Waals surface area (Å²) in [5.74, 6) is 0. The molecule has 3 heteroatoms. The van der Waals surface area contributed by atoms with Gasteiger partial charge in [0.15, 0.2) is 0 Å². The van der Waals surface area contributed by atoms with Crippen LogP contribution in [-0.2, 0) is 0 Å². The summed E-state index contributed by atoms with van der Waals surface area (Å²) in [6.45, 7) is 0.347. The molecule has 0 unspecified atom stereocenters. The second-order valence-corrected chi connectivity index (χ2v) is 6.11. The van der Waals surface area contributed by atoms with Crippen molar-refractivity contribution in [1.82, 2.24) is 0 Å². The predicted octanol–water partition coefficient (Wildman–Crippen LogP) is 3.44. The smallest absolute Gasteiger partial charge is 0.0697 e. The van der Waals surface area contributed by atoms with Gasteiger partial charge in [-0.25, -0.2) is 0 Å². The molecule has 0 radical (unpaired) electrons. The van der Waals surface area contributed by atoms with Gasteiger partial charge in [-0.1, -0.05) is 57.5 Å². The maximum atomic E-state index is 8.50. The molecule has 0 aromatic heterocycles. The molecule has 0 aromatic carbocycles. The molecule has 1 N–H and O–H groups in total. The summed E-state index contributed by atoms with van der Waals surface area (Å²) in [6.07, 6.45) is 7.14. The van der Waals surface area contributed by atoms with E-state index >= 15 is 0 Å². The molecule has 68 valence electrons. The summed E-state index contributed by atoms with van der Waals surface area (Å²) < 4.78 is 0.479. The number of hydrogen-bond donors (Lipinski definition) is 1. The monoisotopic (exact) mass is 286 g/mol. The summed E-state index contributed by atoms with van der Waals surface area (Å²) in [7, 11) is 0. The highest BCUT2D eigenvalue weighted by molar-refractivity contribution is 9.24. The first-order valence-electron chi connectivity index (χ1n) is 4.16. The average Bonchev–Trinajstić information content (AvgIpc) is 1.96. The minimum absolute atomic E-state index is 0.347. The van der Waals surface area contributed by atoms with E-state index < -0.39 is 0 Å². The van der Waals surface area contributed by atoms with Crippen molar-refractivity contribution in [2.45, 2.75) is 42.3 Å². The van der Waals surface area contributed by atoms with Gasteiger partial charge >= 0.3 is 0 Å². The fraction of sp³-hybridized carbons (Fsp3) is 1.00. The zero-order chi connectivity index (χ0) is 8.53. The van der Waals surface area contributed by atoms with E-state index in [9.17, 15) is 0 Å². The number of halogens is 2. The minimum Gasteiger partial charge on any atom is -0.396 e. The maximum Gasteiger partial charge on any atom is 0.0697 e. The van der Waals surface area contributed by atoms with E-state index in [4.69, 9.17) is 5.11 Å². The van der Waals surface area contributed by atoms with Crippen molar-refractivity contribution in [3.8, 4) is 0 Å². The lowest BCUT2D eigenvalue weighted by Gasteiger charge is -2.00. The van der Waals surface area contributed by atoms with E-state index in [1.807, 2.05) is 0 Å². The number of aliphatic hydroxyl groups is 1. The molecule has 0 bridgehead atoms. The zero-order valence-electron chi connectivity index (χ0n) is 6.73. The highest BCUT2D eigenvalue weighted by Crippen LogP contribution is 2.17. The second kappa shape index (κ2) is 9.01. The maximum absolute atomic E-state index is 8.50. The molecule has 0 aliphatic carbocycles. The number of aliphatic hydroxyl groups excluding tert-OH is 1. The third-order valence-electron chi connectivity index (χ3n) is 1.58. The van der Waals surface area contributed by atoms with Crippen LogP contribution in [0.5, 0.6) is 0 Å². The van der Waals surface area contributed by atoms with Crippen LogP contribution in [0.15, 0.2) is 0 Å². The van der Waals surface area contributed by atoms with E-state index in [2.05, 4.69) is 31.9 Å². The summed E-state index contributed by atoms with van der Waals surface area (Å²) in [6, 6.07) is 0. The van der Waals surface area contributed by atoms with Crippen LogP contribution in [0.25, 0.3) is 0 Å². The van der Waals surface area contributed by atoms with Crippen LogP contribution in [0, 0.1) is 0 Å². The standard InChI is InChI=1S/C8H16Br2O/c9-8(10)6-4-2-1-3-5-7-11/h8,11H,1-7H2. The fourth-order valence-corrected chi connectivity index (χ4v) is 1.59. The fourth-order valence-electron chi connectivity index (χ4n) is 0.941. The van der Waals surface area contributed by atoms with Crippen LogP contribution in [0.3, 0.4) is 0 Å². The van der Waals surface area contributed by atoms with Crippen molar-refractivity contribution in [1.29, 1.82) is 0 Å². The molecule has 1 nitrogen and oxygen atoms in total. The quantitative estimate of drug-likeness (QED) is 0.562. The van der Waals surface area contributed by atoms with E-state index in [1.54, 1.807) is 0 Å². The van der Waals surface area contributed by atoms with Gasteiger partial charge in [-0.2, -0.15) is 0 Å². The first-order chi connectivity index (χ1) is 5.27. The molecule has 0 heterocycles. The zero-order valence-corrected chi connectivity index (χ0v) is 9.90. The number of hydrogen-bond acceptors (Lipinski definition) is 1. The van der Waals surface area contributed by atoms with Crippen LogP contribution in [0.2, 0.25) is 0 Å². The Morgan fingerprint density at radius 2 is 1.45 bits per heavy atom. The molecule has 0 saturated carbocycles. The summed E-state index contributed by atoms with van der Waals surface area (Å²) >= 11 is 6.87. The Morgan fingerprint density at radius 3 is 2.00 bits per heavy atom. The Kier molecular flexibility index (Phi) is 9.77. The third kappa shape index (κ3) is 10.9. The molecule has 0 aliphatic rings. The Bertz CT molecular complexity index is 76.5. The molecule has 0 aliphatic heterocycles. The molecule has 0 amide bonds. The van der Waals surface area contributed by atoms with Gasteiger partial charge < -0.3 is 5.11 Å². The SMILES string of the molecule is OCCCCCCCC(Br)Br. The molecular formula is C8H16Br2O. The van der Waals surface area contributed by atoms with Crippen molar-refractivity contribution in [2.75, 3.05) is 6.61 Å². The predicted molar refractivity (Wildman–Crippen MR) is 56.4 cm³/mol. The van der Waals surface area contributed by atoms with Gasteiger partial charge in [-0.05, 0) is 12.8 Å². The molecule has 0 spiro atoms. The van der Waals surface area contributed by atoms with E-state index in [-0.39, 0.29) is 0 Å². The Balaban J connectivity index is 2.80. The molecule has 0 aromatic rings. The molecule has 0 atom stereocenters. The minimum atomic E-state index is 0.347. The first-order valence-corrected chi connectivity index (χ1v) is 5.99. The van der Waals surface area contributed by atoms with Gasteiger partial charge in [0.05, 0.1) is 3.74 Å². The van der Waals surface area contributed by atoms with Crippen LogP contribution in [-0.4, -0.2) is 15.4 Å².